The minimum Gasteiger partial charge on any atom is -0.396 e. The molecule has 0 radical (unpaired) electrons. The van der Waals surface area contributed by atoms with Crippen LogP contribution in [-0.2, 0) is 0 Å². The summed E-state index contributed by atoms with van der Waals surface area (Å²) in [5.74, 6) is 0. The number of unbranched alkanes of at least 4 members (excludes halogenated alkanes) is 1. The van der Waals surface area contributed by atoms with Crippen LogP contribution in [0, 0.1) is 0 Å². The van der Waals surface area contributed by atoms with Crippen molar-refractivity contribution in [1.82, 2.24) is 0 Å². The minimum absolute atomic E-state index is 0.115. The Morgan fingerprint density at radius 2 is 1.78 bits per heavy atom. The van der Waals surface area contributed by atoms with Crippen molar-refractivity contribution < 1.29 is 10.2 Å². The van der Waals surface area contributed by atoms with Gasteiger partial charge in [-0.2, -0.15) is 0 Å². The molecule has 0 amide bonds. The molecular weight excluding hydrogens is 163 g/mol. The normalized spacial score (nSPS) is 12.0. The molecule has 0 aromatic carbocycles. The predicted molar refractivity (Wildman–Crippen MR) is 37.6 cm³/mol. The third kappa shape index (κ3) is 8.50. The first-order chi connectivity index (χ1) is 4.06. The van der Waals surface area contributed by atoms with Crippen molar-refractivity contribution in [3.63, 3.8) is 0 Å². The lowest BCUT2D eigenvalue weighted by molar-refractivity contribution is 0.193. The van der Waals surface area contributed by atoms with E-state index in [0.29, 0.717) is 19.3 Å². The summed E-state index contributed by atoms with van der Waals surface area (Å²) in [4.78, 5) is 0. The number of rotatable bonds is 4. The van der Waals surface area contributed by atoms with E-state index in [2.05, 4.69) is 0 Å². The highest BCUT2D eigenvalue weighted by atomic mass is 35.5. The van der Waals surface area contributed by atoms with Crippen molar-refractivity contribution in [1.29, 1.82) is 0 Å². The Hall–Kier alpha value is 0.500. The van der Waals surface area contributed by atoms with Crippen LogP contribution in [0.4, 0.5) is 0 Å². The molecule has 2 N–H and O–H groups in total. The zero-order valence-corrected chi connectivity index (χ0v) is 6.49. The fraction of sp³-hybridized carbons (Fsp3) is 1.00. The first kappa shape index (κ1) is 9.50. The lowest BCUT2D eigenvalue weighted by atomic mass is 10.2. The topological polar surface area (TPSA) is 40.5 Å². The van der Waals surface area contributed by atoms with Crippen LogP contribution in [0.25, 0.3) is 0 Å². The molecule has 0 heterocycles. The van der Waals surface area contributed by atoms with E-state index < -0.39 is 4.52 Å². The second kappa shape index (κ2) is 4.34. The molecule has 0 bridgehead atoms. The molecule has 0 spiro atoms. The van der Waals surface area contributed by atoms with Crippen LogP contribution < -0.4 is 0 Å². The molecule has 0 rings (SSSR count). The van der Waals surface area contributed by atoms with Gasteiger partial charge < -0.3 is 10.2 Å². The molecule has 0 fully saturated rings. The summed E-state index contributed by atoms with van der Waals surface area (Å²) in [6.07, 6.45) is 1.57. The number of aliphatic hydroxyl groups excluding tert-OH is 1. The number of aliphatic hydroxyl groups is 2. The lowest BCUT2D eigenvalue weighted by Gasteiger charge is -2.09. The van der Waals surface area contributed by atoms with E-state index in [1.807, 2.05) is 0 Å². The number of hydrogen-bond donors (Lipinski definition) is 2. The Labute approximate surface area is 64.4 Å². The summed E-state index contributed by atoms with van der Waals surface area (Å²) in [6, 6.07) is 0. The molecule has 0 saturated carbocycles. The lowest BCUT2D eigenvalue weighted by Crippen LogP contribution is -2.10. The highest BCUT2D eigenvalue weighted by Gasteiger charge is 2.17. The van der Waals surface area contributed by atoms with Crippen LogP contribution >= 0.6 is 23.2 Å². The zero-order valence-electron chi connectivity index (χ0n) is 4.98. The highest BCUT2D eigenvalue weighted by molar-refractivity contribution is 6.46. The predicted octanol–water partition coefficient (Wildman–Crippen LogP) is 1.27. The van der Waals surface area contributed by atoms with E-state index in [1.54, 1.807) is 0 Å². The van der Waals surface area contributed by atoms with E-state index in [4.69, 9.17) is 33.4 Å². The second-order valence-electron chi connectivity index (χ2n) is 1.85. The van der Waals surface area contributed by atoms with Crippen molar-refractivity contribution in [3.8, 4) is 0 Å². The van der Waals surface area contributed by atoms with E-state index in [9.17, 15) is 0 Å². The van der Waals surface area contributed by atoms with Gasteiger partial charge in [0.25, 0.3) is 0 Å². The number of hydrogen-bond acceptors (Lipinski definition) is 2. The Kier molecular flexibility index (Phi) is 4.58. The summed E-state index contributed by atoms with van der Waals surface area (Å²) < 4.78 is -1.62. The zero-order chi connectivity index (χ0) is 7.33. The Morgan fingerprint density at radius 3 is 2.11 bits per heavy atom. The molecule has 0 unspecified atom stereocenters. The van der Waals surface area contributed by atoms with Gasteiger partial charge in [-0.1, -0.05) is 23.2 Å². The van der Waals surface area contributed by atoms with Crippen LogP contribution in [0.2, 0.25) is 0 Å². The van der Waals surface area contributed by atoms with Gasteiger partial charge in [0, 0.05) is 13.0 Å². The van der Waals surface area contributed by atoms with Crippen molar-refractivity contribution in [2.75, 3.05) is 6.61 Å². The van der Waals surface area contributed by atoms with Crippen LogP contribution in [0.3, 0.4) is 0 Å². The van der Waals surface area contributed by atoms with Gasteiger partial charge >= 0.3 is 0 Å². The Balaban J connectivity index is 3.07. The van der Waals surface area contributed by atoms with E-state index in [1.165, 1.54) is 0 Å². The van der Waals surface area contributed by atoms with Crippen molar-refractivity contribution in [3.05, 3.63) is 0 Å². The average Bonchev–Trinajstić information content (AvgIpc) is 1.63. The molecule has 0 aliphatic heterocycles. The van der Waals surface area contributed by atoms with Gasteiger partial charge in [0.15, 0.2) is 0 Å². The average molecular weight is 173 g/mol. The first-order valence-corrected chi connectivity index (χ1v) is 3.53. The van der Waals surface area contributed by atoms with Crippen molar-refractivity contribution in [2.24, 2.45) is 0 Å². The monoisotopic (exact) mass is 172 g/mol. The number of alkyl halides is 2. The summed E-state index contributed by atoms with van der Waals surface area (Å²) in [7, 11) is 0. The maximum absolute atomic E-state index is 8.69. The fourth-order valence-corrected chi connectivity index (χ4v) is 0.717. The molecule has 2 nitrogen and oxygen atoms in total. The van der Waals surface area contributed by atoms with Gasteiger partial charge in [0.05, 0.1) is 0 Å². The molecule has 0 aromatic heterocycles. The third-order valence-corrected chi connectivity index (χ3v) is 1.26. The van der Waals surface area contributed by atoms with Gasteiger partial charge in [0.2, 0.25) is 4.52 Å². The van der Waals surface area contributed by atoms with Gasteiger partial charge in [-0.25, -0.2) is 0 Å². The quantitative estimate of drug-likeness (QED) is 0.496. The van der Waals surface area contributed by atoms with Gasteiger partial charge in [-0.05, 0) is 12.8 Å². The largest absolute Gasteiger partial charge is 0.396 e. The molecular formula is C5H10Cl2O2. The first-order valence-electron chi connectivity index (χ1n) is 2.77. The maximum atomic E-state index is 8.69. The molecule has 0 aromatic rings. The van der Waals surface area contributed by atoms with Crippen LogP contribution in [0.5, 0.6) is 0 Å². The molecule has 9 heavy (non-hydrogen) atoms. The van der Waals surface area contributed by atoms with Crippen molar-refractivity contribution >= 4 is 23.2 Å². The second-order valence-corrected chi connectivity index (χ2v) is 3.29. The Bertz CT molecular complexity index is 69.8. The summed E-state index contributed by atoms with van der Waals surface area (Å²) in [6.45, 7) is 0.115. The standard InChI is InChI=1S/C5H10Cl2O2/c6-5(7,9)3-1-2-4-8/h8-9H,1-4H2. The van der Waals surface area contributed by atoms with E-state index in [-0.39, 0.29) is 6.61 Å². The van der Waals surface area contributed by atoms with Crippen LogP contribution in [0.1, 0.15) is 19.3 Å². The summed E-state index contributed by atoms with van der Waals surface area (Å²) >= 11 is 10.4. The van der Waals surface area contributed by atoms with Crippen LogP contribution in [0.15, 0.2) is 0 Å². The molecule has 0 saturated heterocycles. The number of halogens is 2. The molecule has 4 heteroatoms. The smallest absolute Gasteiger partial charge is 0.214 e. The molecule has 0 atom stereocenters. The summed E-state index contributed by atoms with van der Waals surface area (Å²) in [5.41, 5.74) is 0. The molecule has 0 aliphatic carbocycles. The third-order valence-electron chi connectivity index (χ3n) is 0.886. The Morgan fingerprint density at radius 1 is 1.22 bits per heavy atom. The van der Waals surface area contributed by atoms with E-state index in [0.717, 1.165) is 0 Å². The molecule has 0 aliphatic rings. The van der Waals surface area contributed by atoms with Gasteiger partial charge in [-0.3, -0.25) is 0 Å². The molecule has 56 valence electrons. The van der Waals surface area contributed by atoms with Gasteiger partial charge in [-0.15, -0.1) is 0 Å². The summed E-state index contributed by atoms with van der Waals surface area (Å²) in [5, 5.41) is 17.0. The highest BCUT2D eigenvalue weighted by Crippen LogP contribution is 2.22. The maximum Gasteiger partial charge on any atom is 0.214 e. The SMILES string of the molecule is OCCCCC(O)(Cl)Cl. The van der Waals surface area contributed by atoms with Crippen LogP contribution in [-0.4, -0.2) is 21.3 Å². The fourth-order valence-electron chi connectivity index (χ4n) is 0.449. The van der Waals surface area contributed by atoms with Gasteiger partial charge in [0.1, 0.15) is 0 Å². The van der Waals surface area contributed by atoms with E-state index >= 15 is 0 Å². The minimum atomic E-state index is -1.62. The van der Waals surface area contributed by atoms with Crippen molar-refractivity contribution in [2.45, 2.75) is 23.8 Å².